The summed E-state index contributed by atoms with van der Waals surface area (Å²) >= 11 is 1.41. The van der Waals surface area contributed by atoms with Gasteiger partial charge in [0, 0.05) is 5.69 Å². The molecule has 1 aromatic heterocycles. The second-order valence-corrected chi connectivity index (χ2v) is 7.04. The predicted octanol–water partition coefficient (Wildman–Crippen LogP) is 4.65. The van der Waals surface area contributed by atoms with Crippen LogP contribution in [0.5, 0.6) is 0 Å². The van der Waals surface area contributed by atoms with Crippen molar-refractivity contribution < 1.29 is 4.79 Å². The van der Waals surface area contributed by atoms with Gasteiger partial charge < -0.3 is 11.1 Å². The molecule has 0 fully saturated rings. The molecular weight excluding hydrogens is 342 g/mol. The van der Waals surface area contributed by atoms with Gasteiger partial charge >= 0.3 is 0 Å². The van der Waals surface area contributed by atoms with Crippen molar-refractivity contribution in [1.82, 2.24) is 4.98 Å². The van der Waals surface area contributed by atoms with E-state index in [-0.39, 0.29) is 11.8 Å². The normalized spacial score (nSPS) is 11.0. The third kappa shape index (κ3) is 3.30. The fourth-order valence-corrected chi connectivity index (χ4v) is 3.79. The Bertz CT molecular complexity index is 1010. The van der Waals surface area contributed by atoms with Gasteiger partial charge in [0.2, 0.25) is 5.91 Å². The molecule has 4 aromatic rings. The lowest BCUT2D eigenvalue weighted by Gasteiger charge is -2.18. The van der Waals surface area contributed by atoms with Gasteiger partial charge in [-0.1, -0.05) is 72.0 Å². The van der Waals surface area contributed by atoms with Crippen LogP contribution in [-0.2, 0) is 4.79 Å². The maximum absolute atomic E-state index is 13.1. The zero-order valence-electron chi connectivity index (χ0n) is 13.9. The first-order chi connectivity index (χ1) is 12.7. The summed E-state index contributed by atoms with van der Waals surface area (Å²) in [4.78, 5) is 17.4. The number of thiazole rings is 1. The Hall–Kier alpha value is -3.18. The fraction of sp³-hybridized carbons (Fsp3) is 0.0476. The van der Waals surface area contributed by atoms with Crippen LogP contribution >= 0.6 is 11.3 Å². The minimum absolute atomic E-state index is 0.0702. The quantitative estimate of drug-likeness (QED) is 0.557. The van der Waals surface area contributed by atoms with Gasteiger partial charge in [-0.2, -0.15) is 0 Å². The molecule has 4 nitrogen and oxygen atoms in total. The van der Waals surface area contributed by atoms with E-state index >= 15 is 0 Å². The van der Waals surface area contributed by atoms with Crippen molar-refractivity contribution in [1.29, 1.82) is 0 Å². The zero-order valence-corrected chi connectivity index (χ0v) is 14.7. The number of carbonyl (C=O) groups is 1. The molecule has 1 amide bonds. The van der Waals surface area contributed by atoms with Crippen molar-refractivity contribution >= 4 is 38.3 Å². The average molecular weight is 359 g/mol. The SMILES string of the molecule is Nc1nc2ccc(NC(=O)C(c3ccccc3)c3ccccc3)cc2s1. The molecule has 0 atom stereocenters. The number of aromatic nitrogens is 1. The maximum Gasteiger partial charge on any atom is 0.236 e. The van der Waals surface area contributed by atoms with Crippen LogP contribution in [-0.4, -0.2) is 10.9 Å². The number of rotatable bonds is 4. The van der Waals surface area contributed by atoms with Crippen molar-refractivity contribution in [2.24, 2.45) is 0 Å². The number of fused-ring (bicyclic) bond motifs is 1. The molecule has 128 valence electrons. The van der Waals surface area contributed by atoms with E-state index in [0.29, 0.717) is 5.13 Å². The molecule has 4 rings (SSSR count). The molecule has 26 heavy (non-hydrogen) atoms. The first-order valence-corrected chi connectivity index (χ1v) is 9.09. The summed E-state index contributed by atoms with van der Waals surface area (Å²) in [7, 11) is 0. The van der Waals surface area contributed by atoms with Crippen molar-refractivity contribution in [2.45, 2.75) is 5.92 Å². The van der Waals surface area contributed by atoms with E-state index in [1.54, 1.807) is 0 Å². The highest BCUT2D eigenvalue weighted by atomic mass is 32.1. The Morgan fingerprint density at radius 2 is 1.54 bits per heavy atom. The molecule has 0 aliphatic rings. The van der Waals surface area contributed by atoms with Crippen LogP contribution < -0.4 is 11.1 Å². The lowest BCUT2D eigenvalue weighted by Crippen LogP contribution is -2.22. The number of nitrogens with two attached hydrogens (primary N) is 1. The van der Waals surface area contributed by atoms with Crippen molar-refractivity contribution in [3.05, 3.63) is 90.0 Å². The molecule has 3 N–H and O–H groups in total. The highest BCUT2D eigenvalue weighted by molar-refractivity contribution is 7.22. The van der Waals surface area contributed by atoms with E-state index in [1.807, 2.05) is 78.9 Å². The predicted molar refractivity (Wildman–Crippen MR) is 107 cm³/mol. The fourth-order valence-electron chi connectivity index (χ4n) is 3.02. The standard InChI is InChI=1S/C21H17N3OS/c22-21-24-17-12-11-16(13-18(17)26-21)23-20(25)19(14-7-3-1-4-8-14)15-9-5-2-6-10-15/h1-13,19H,(H2,22,24)(H,23,25). The molecule has 0 unspecified atom stereocenters. The number of nitrogens with one attached hydrogen (secondary N) is 1. The molecule has 0 aliphatic carbocycles. The summed E-state index contributed by atoms with van der Waals surface area (Å²) in [6, 6.07) is 25.2. The first-order valence-electron chi connectivity index (χ1n) is 8.27. The van der Waals surface area contributed by atoms with Gasteiger partial charge in [-0.3, -0.25) is 4.79 Å². The largest absolute Gasteiger partial charge is 0.375 e. The van der Waals surface area contributed by atoms with E-state index in [4.69, 9.17) is 5.73 Å². The second kappa shape index (κ2) is 6.98. The van der Waals surface area contributed by atoms with Gasteiger partial charge in [0.05, 0.1) is 16.1 Å². The van der Waals surface area contributed by atoms with E-state index in [2.05, 4.69) is 10.3 Å². The Kier molecular flexibility index (Phi) is 4.37. The van der Waals surface area contributed by atoms with Crippen molar-refractivity contribution in [3.63, 3.8) is 0 Å². The van der Waals surface area contributed by atoms with Crippen LogP contribution in [0.2, 0.25) is 0 Å². The Morgan fingerprint density at radius 3 is 2.15 bits per heavy atom. The number of hydrogen-bond acceptors (Lipinski definition) is 4. The third-order valence-electron chi connectivity index (χ3n) is 4.20. The van der Waals surface area contributed by atoms with Crippen LogP contribution in [0, 0.1) is 0 Å². The summed E-state index contributed by atoms with van der Waals surface area (Å²) in [6.45, 7) is 0. The van der Waals surface area contributed by atoms with E-state index in [9.17, 15) is 4.79 Å². The second-order valence-electron chi connectivity index (χ2n) is 5.98. The Morgan fingerprint density at radius 1 is 0.923 bits per heavy atom. The molecule has 1 heterocycles. The van der Waals surface area contributed by atoms with Gasteiger partial charge in [-0.25, -0.2) is 4.98 Å². The number of benzene rings is 3. The number of nitrogen functional groups attached to an aromatic ring is 1. The first kappa shape index (κ1) is 16.3. The molecule has 0 spiro atoms. The van der Waals surface area contributed by atoms with Gasteiger partial charge in [0.15, 0.2) is 5.13 Å². The monoisotopic (exact) mass is 359 g/mol. The van der Waals surface area contributed by atoms with Crippen LogP contribution in [0.1, 0.15) is 17.0 Å². The average Bonchev–Trinajstić information content (AvgIpc) is 3.03. The number of anilines is 2. The summed E-state index contributed by atoms with van der Waals surface area (Å²) in [5.74, 6) is -0.445. The molecule has 3 aromatic carbocycles. The van der Waals surface area contributed by atoms with Crippen molar-refractivity contribution in [2.75, 3.05) is 11.1 Å². The van der Waals surface area contributed by atoms with Crippen LogP contribution in [0.15, 0.2) is 78.9 Å². The van der Waals surface area contributed by atoms with Crippen LogP contribution in [0.3, 0.4) is 0 Å². The molecule has 5 heteroatoms. The number of hydrogen-bond donors (Lipinski definition) is 2. The van der Waals surface area contributed by atoms with Gasteiger partial charge in [0.1, 0.15) is 0 Å². The summed E-state index contributed by atoms with van der Waals surface area (Å²) < 4.78 is 0.955. The van der Waals surface area contributed by atoms with Crippen LogP contribution in [0.25, 0.3) is 10.2 Å². The summed E-state index contributed by atoms with van der Waals surface area (Å²) in [5, 5.41) is 3.56. The highest BCUT2D eigenvalue weighted by Gasteiger charge is 2.22. The topological polar surface area (TPSA) is 68.0 Å². The zero-order chi connectivity index (χ0) is 17.9. The Balaban J connectivity index is 1.67. The number of carbonyl (C=O) groups excluding carboxylic acids is 1. The minimum atomic E-state index is -0.375. The van der Waals surface area contributed by atoms with E-state index in [1.165, 1.54) is 11.3 Å². The third-order valence-corrected chi connectivity index (χ3v) is 5.05. The maximum atomic E-state index is 13.1. The molecule has 0 saturated carbocycles. The van der Waals surface area contributed by atoms with E-state index < -0.39 is 0 Å². The van der Waals surface area contributed by atoms with Gasteiger partial charge in [-0.05, 0) is 29.3 Å². The summed E-state index contributed by atoms with van der Waals surface area (Å²) in [5.41, 5.74) is 9.26. The molecular formula is C21H17N3OS. The lowest BCUT2D eigenvalue weighted by molar-refractivity contribution is -0.116. The molecule has 0 aliphatic heterocycles. The minimum Gasteiger partial charge on any atom is -0.375 e. The van der Waals surface area contributed by atoms with Crippen LogP contribution in [0.4, 0.5) is 10.8 Å². The highest BCUT2D eigenvalue weighted by Crippen LogP contribution is 2.29. The van der Waals surface area contributed by atoms with Gasteiger partial charge in [-0.15, -0.1) is 0 Å². The molecule has 0 saturated heterocycles. The Labute approximate surface area is 155 Å². The number of nitrogens with zero attached hydrogens (tertiary/aromatic N) is 1. The van der Waals surface area contributed by atoms with Crippen molar-refractivity contribution in [3.8, 4) is 0 Å². The van der Waals surface area contributed by atoms with E-state index in [0.717, 1.165) is 27.0 Å². The smallest absolute Gasteiger partial charge is 0.236 e. The summed E-state index contributed by atoms with van der Waals surface area (Å²) in [6.07, 6.45) is 0. The number of amides is 1. The van der Waals surface area contributed by atoms with Gasteiger partial charge in [0.25, 0.3) is 0 Å². The molecule has 0 radical (unpaired) electrons. The molecule has 0 bridgehead atoms. The lowest BCUT2D eigenvalue weighted by atomic mass is 9.90.